The summed E-state index contributed by atoms with van der Waals surface area (Å²) in [4.78, 5) is 22.1. The van der Waals surface area contributed by atoms with Crippen molar-refractivity contribution in [1.82, 2.24) is 4.90 Å². The first-order chi connectivity index (χ1) is 5.00. The molecule has 0 rings (SSSR count). The van der Waals surface area contributed by atoms with Crippen LogP contribution in [0.5, 0.6) is 0 Å². The van der Waals surface area contributed by atoms with Crippen molar-refractivity contribution in [2.75, 3.05) is 7.11 Å². The summed E-state index contributed by atoms with van der Waals surface area (Å²) in [5.41, 5.74) is 0. The zero-order valence-corrected chi connectivity index (χ0v) is 7.38. The minimum absolute atomic E-state index is 0.431. The molecule has 0 fully saturated rings. The molecule has 0 spiro atoms. The Morgan fingerprint density at radius 1 is 1.55 bits per heavy atom. The van der Waals surface area contributed by atoms with Gasteiger partial charge in [0.25, 0.3) is 0 Å². The van der Waals surface area contributed by atoms with E-state index in [1.165, 1.54) is 14.0 Å². The van der Waals surface area contributed by atoms with Crippen molar-refractivity contribution in [2.45, 2.75) is 20.1 Å². The van der Waals surface area contributed by atoms with E-state index in [9.17, 15) is 9.59 Å². The molecule has 1 unspecified atom stereocenters. The van der Waals surface area contributed by atoms with Gasteiger partial charge in [0.2, 0.25) is 5.91 Å². The van der Waals surface area contributed by atoms with Crippen LogP contribution in [0.2, 0.25) is 0 Å². The molecule has 0 bridgehead atoms. The zero-order chi connectivity index (χ0) is 9.02. The molecule has 0 saturated carbocycles. The van der Waals surface area contributed by atoms with Gasteiger partial charge in [-0.25, -0.2) is 4.90 Å². The number of hydrogen-bond acceptors (Lipinski definition) is 3. The molecule has 5 heteroatoms. The van der Waals surface area contributed by atoms with Crippen molar-refractivity contribution in [3.63, 3.8) is 0 Å². The largest absolute Gasteiger partial charge is 0.361 e. The minimum Gasteiger partial charge on any atom is -0.361 e. The van der Waals surface area contributed by atoms with E-state index >= 15 is 0 Å². The first-order valence-electron chi connectivity index (χ1n) is 3.02. The number of imide groups is 1. The minimum atomic E-state index is -0.827. The highest BCUT2D eigenvalue weighted by molar-refractivity contribution is 6.64. The van der Waals surface area contributed by atoms with Gasteiger partial charge in [-0.3, -0.25) is 9.59 Å². The molecule has 0 heterocycles. The summed E-state index contributed by atoms with van der Waals surface area (Å²) in [5, 5.41) is -0.827. The lowest BCUT2D eigenvalue weighted by Crippen LogP contribution is -2.39. The molecule has 0 aliphatic rings. The van der Waals surface area contributed by atoms with E-state index in [4.69, 9.17) is 16.3 Å². The molecular weight excluding hydrogens is 170 g/mol. The predicted octanol–water partition coefficient (Wildman–Crippen LogP) is 1.19. The summed E-state index contributed by atoms with van der Waals surface area (Å²) >= 11 is 5.10. The van der Waals surface area contributed by atoms with Crippen molar-refractivity contribution in [3.8, 4) is 0 Å². The second kappa shape index (κ2) is 4.31. The molecule has 0 aliphatic heterocycles. The van der Waals surface area contributed by atoms with Crippen molar-refractivity contribution in [3.05, 3.63) is 0 Å². The zero-order valence-electron chi connectivity index (χ0n) is 6.63. The summed E-state index contributed by atoms with van der Waals surface area (Å²) in [5.74, 6) is -0.431. The number of carbonyl (C=O) groups is 2. The van der Waals surface area contributed by atoms with Gasteiger partial charge in [-0.15, -0.1) is 0 Å². The second-order valence-electron chi connectivity index (χ2n) is 1.98. The monoisotopic (exact) mass is 179 g/mol. The van der Waals surface area contributed by atoms with Gasteiger partial charge in [-0.1, -0.05) is 0 Å². The fraction of sp³-hybridized carbons (Fsp3) is 0.667. The van der Waals surface area contributed by atoms with E-state index in [-0.39, 0.29) is 0 Å². The SMILES string of the molecule is COC(C)N(C(C)=O)C(=O)Cl. The second-order valence-corrected chi connectivity index (χ2v) is 2.30. The average molecular weight is 180 g/mol. The highest BCUT2D eigenvalue weighted by Crippen LogP contribution is 2.04. The third-order valence-electron chi connectivity index (χ3n) is 1.23. The molecule has 0 aromatic carbocycles. The van der Waals surface area contributed by atoms with Crippen LogP contribution in [0.1, 0.15) is 13.8 Å². The maximum absolute atomic E-state index is 10.7. The van der Waals surface area contributed by atoms with Crippen LogP contribution in [0.25, 0.3) is 0 Å². The average Bonchev–Trinajstić information content (AvgIpc) is 1.85. The first kappa shape index (κ1) is 10.4. The molecule has 0 radical (unpaired) electrons. The van der Waals surface area contributed by atoms with E-state index in [0.29, 0.717) is 0 Å². The Hall–Kier alpha value is -0.610. The van der Waals surface area contributed by atoms with Gasteiger partial charge in [0.15, 0.2) is 0 Å². The lowest BCUT2D eigenvalue weighted by atomic mass is 10.5. The lowest BCUT2D eigenvalue weighted by molar-refractivity contribution is -0.133. The highest BCUT2D eigenvalue weighted by Gasteiger charge is 2.21. The lowest BCUT2D eigenvalue weighted by Gasteiger charge is -2.21. The van der Waals surface area contributed by atoms with Crippen LogP contribution in [0.3, 0.4) is 0 Å². The van der Waals surface area contributed by atoms with Gasteiger partial charge in [0, 0.05) is 14.0 Å². The van der Waals surface area contributed by atoms with E-state index in [1.54, 1.807) is 6.92 Å². The molecule has 2 amide bonds. The number of amides is 2. The van der Waals surface area contributed by atoms with Crippen molar-refractivity contribution in [1.29, 1.82) is 0 Å². The predicted molar refractivity (Wildman–Crippen MR) is 40.2 cm³/mol. The molecule has 11 heavy (non-hydrogen) atoms. The van der Waals surface area contributed by atoms with Crippen LogP contribution in [0, 0.1) is 0 Å². The number of carbonyl (C=O) groups excluding carboxylic acids is 2. The molecule has 0 saturated heterocycles. The van der Waals surface area contributed by atoms with Crippen LogP contribution < -0.4 is 0 Å². The Morgan fingerprint density at radius 2 is 2.00 bits per heavy atom. The Bertz CT molecular complexity index is 157. The molecule has 0 aliphatic carbocycles. The molecule has 1 atom stereocenters. The number of hydrogen-bond donors (Lipinski definition) is 0. The Balaban J connectivity index is 4.34. The van der Waals surface area contributed by atoms with Crippen molar-refractivity contribution in [2.24, 2.45) is 0 Å². The summed E-state index contributed by atoms with van der Waals surface area (Å²) < 4.78 is 4.73. The molecular formula is C6H10ClNO3. The van der Waals surface area contributed by atoms with Crippen molar-refractivity contribution >= 4 is 22.9 Å². The number of ether oxygens (including phenoxy) is 1. The van der Waals surface area contributed by atoms with E-state index in [2.05, 4.69) is 0 Å². The maximum atomic E-state index is 10.7. The molecule has 64 valence electrons. The number of nitrogens with zero attached hydrogens (tertiary/aromatic N) is 1. The summed E-state index contributed by atoms with van der Waals surface area (Å²) in [6.07, 6.45) is -0.613. The van der Waals surface area contributed by atoms with E-state index in [0.717, 1.165) is 4.90 Å². The van der Waals surface area contributed by atoms with Gasteiger partial charge < -0.3 is 4.74 Å². The van der Waals surface area contributed by atoms with Crippen molar-refractivity contribution < 1.29 is 14.3 Å². The summed E-state index contributed by atoms with van der Waals surface area (Å²) in [6, 6.07) is 0. The van der Waals surface area contributed by atoms with Crippen LogP contribution in [0.15, 0.2) is 0 Å². The summed E-state index contributed by atoms with van der Waals surface area (Å²) in [6.45, 7) is 2.80. The number of rotatable bonds is 2. The quantitative estimate of drug-likeness (QED) is 0.363. The Kier molecular flexibility index (Phi) is 4.07. The molecule has 0 N–H and O–H groups in total. The van der Waals surface area contributed by atoms with Gasteiger partial charge in [0.05, 0.1) is 0 Å². The van der Waals surface area contributed by atoms with Crippen LogP contribution >= 0.6 is 11.6 Å². The molecule has 0 aromatic rings. The highest BCUT2D eigenvalue weighted by atomic mass is 35.5. The van der Waals surface area contributed by atoms with Crippen LogP contribution in [0.4, 0.5) is 4.79 Å². The van der Waals surface area contributed by atoms with E-state index in [1.807, 2.05) is 0 Å². The van der Waals surface area contributed by atoms with Gasteiger partial charge in [0.1, 0.15) is 6.23 Å². The number of methoxy groups -OCH3 is 1. The topological polar surface area (TPSA) is 46.6 Å². The normalized spacial score (nSPS) is 12.4. The first-order valence-corrected chi connectivity index (χ1v) is 3.40. The fourth-order valence-electron chi connectivity index (χ4n) is 0.628. The third kappa shape index (κ3) is 2.86. The third-order valence-corrected chi connectivity index (χ3v) is 1.42. The van der Waals surface area contributed by atoms with E-state index < -0.39 is 17.5 Å². The van der Waals surface area contributed by atoms with Gasteiger partial charge in [-0.05, 0) is 18.5 Å². The van der Waals surface area contributed by atoms with Gasteiger partial charge in [-0.2, -0.15) is 0 Å². The smallest absolute Gasteiger partial charge is 0.325 e. The Morgan fingerprint density at radius 3 is 2.09 bits per heavy atom. The molecule has 0 aromatic heterocycles. The fourth-order valence-corrected chi connectivity index (χ4v) is 0.885. The number of halogens is 1. The van der Waals surface area contributed by atoms with Gasteiger partial charge >= 0.3 is 5.37 Å². The molecule has 4 nitrogen and oxygen atoms in total. The van der Waals surface area contributed by atoms with Crippen LogP contribution in [-0.4, -0.2) is 29.5 Å². The Labute approximate surface area is 70.1 Å². The van der Waals surface area contributed by atoms with Crippen LogP contribution in [-0.2, 0) is 9.53 Å². The maximum Gasteiger partial charge on any atom is 0.325 e. The summed E-state index contributed by atoms with van der Waals surface area (Å²) in [7, 11) is 1.39. The standard InChI is InChI=1S/C6H10ClNO3/c1-4(9)8(6(7)10)5(2)11-3/h5H,1-3H3.